The minimum atomic E-state index is -0.0813. The number of aryl methyl sites for hydroxylation is 1. The summed E-state index contributed by atoms with van der Waals surface area (Å²) in [6.45, 7) is 2.00. The highest BCUT2D eigenvalue weighted by Crippen LogP contribution is 2.22. The molecule has 0 saturated heterocycles. The molecule has 2 rings (SSSR count). The summed E-state index contributed by atoms with van der Waals surface area (Å²) in [6.07, 6.45) is 5.70. The van der Waals surface area contributed by atoms with Crippen LogP contribution in [0.1, 0.15) is 31.4 Å². The molecule has 82 valence electrons. The van der Waals surface area contributed by atoms with E-state index in [1.165, 1.54) is 0 Å². The maximum atomic E-state index is 9.40. The fraction of sp³-hybridized carbons (Fsp3) is 0.583. The van der Waals surface area contributed by atoms with Gasteiger partial charge >= 0.3 is 0 Å². The van der Waals surface area contributed by atoms with E-state index >= 15 is 0 Å². The molecule has 1 aromatic rings. The number of anilines is 1. The number of aliphatic hydroxyl groups is 1. The molecule has 0 bridgehead atoms. The largest absolute Gasteiger partial charge is 0.393 e. The van der Waals surface area contributed by atoms with E-state index in [1.54, 1.807) is 0 Å². The Hall–Kier alpha value is -1.09. The summed E-state index contributed by atoms with van der Waals surface area (Å²) in [4.78, 5) is 4.16. The molecule has 3 heteroatoms. The fourth-order valence-corrected chi connectivity index (χ4v) is 2.09. The molecule has 2 N–H and O–H groups in total. The van der Waals surface area contributed by atoms with Gasteiger partial charge in [0.15, 0.2) is 0 Å². The van der Waals surface area contributed by atoms with Gasteiger partial charge in [-0.2, -0.15) is 0 Å². The van der Waals surface area contributed by atoms with Crippen LogP contribution < -0.4 is 5.32 Å². The van der Waals surface area contributed by atoms with E-state index in [4.69, 9.17) is 0 Å². The summed E-state index contributed by atoms with van der Waals surface area (Å²) in [6, 6.07) is 4.57. The normalized spacial score (nSPS) is 26.3. The van der Waals surface area contributed by atoms with Gasteiger partial charge in [-0.25, -0.2) is 0 Å². The Bertz CT molecular complexity index is 319. The second-order valence-electron chi connectivity index (χ2n) is 4.34. The van der Waals surface area contributed by atoms with Crippen LogP contribution in [0.25, 0.3) is 0 Å². The van der Waals surface area contributed by atoms with Crippen LogP contribution in [-0.2, 0) is 0 Å². The second kappa shape index (κ2) is 4.62. The molecule has 0 atom stereocenters. The molecule has 15 heavy (non-hydrogen) atoms. The van der Waals surface area contributed by atoms with Crippen LogP contribution in [0.15, 0.2) is 18.3 Å². The monoisotopic (exact) mass is 206 g/mol. The van der Waals surface area contributed by atoms with Crippen LogP contribution in [0.5, 0.6) is 0 Å². The average Bonchev–Trinajstić information content (AvgIpc) is 2.22. The molecule has 1 aliphatic rings. The maximum absolute atomic E-state index is 9.40. The van der Waals surface area contributed by atoms with Crippen molar-refractivity contribution in [2.75, 3.05) is 5.32 Å². The minimum Gasteiger partial charge on any atom is -0.393 e. The fourth-order valence-electron chi connectivity index (χ4n) is 2.09. The number of nitrogens with zero attached hydrogens (tertiary/aromatic N) is 1. The summed E-state index contributed by atoms with van der Waals surface area (Å²) >= 11 is 0. The lowest BCUT2D eigenvalue weighted by Gasteiger charge is -2.27. The summed E-state index contributed by atoms with van der Waals surface area (Å²) in [5, 5.41) is 12.9. The van der Waals surface area contributed by atoms with Crippen LogP contribution in [-0.4, -0.2) is 22.2 Å². The first-order chi connectivity index (χ1) is 7.24. The number of hydrogen-bond donors (Lipinski definition) is 2. The highest BCUT2D eigenvalue weighted by Gasteiger charge is 2.18. The van der Waals surface area contributed by atoms with Gasteiger partial charge in [0.25, 0.3) is 0 Å². The standard InChI is InChI=1S/C12H18N2O/c1-9-8-11(6-7-13-9)14-10-2-4-12(15)5-3-10/h6-8,10,12,15H,2-5H2,1H3,(H,13,14). The Kier molecular flexibility index (Phi) is 3.21. The van der Waals surface area contributed by atoms with Crippen LogP contribution in [0.4, 0.5) is 5.69 Å². The van der Waals surface area contributed by atoms with Crippen molar-refractivity contribution in [1.82, 2.24) is 4.98 Å². The summed E-state index contributed by atoms with van der Waals surface area (Å²) in [5.41, 5.74) is 2.18. The Morgan fingerprint density at radius 1 is 1.33 bits per heavy atom. The molecule has 1 heterocycles. The molecule has 0 aliphatic heterocycles. The van der Waals surface area contributed by atoms with E-state index in [0.717, 1.165) is 37.1 Å². The highest BCUT2D eigenvalue weighted by molar-refractivity contribution is 5.43. The first-order valence-electron chi connectivity index (χ1n) is 5.61. The number of aromatic nitrogens is 1. The van der Waals surface area contributed by atoms with E-state index in [1.807, 2.05) is 19.2 Å². The van der Waals surface area contributed by atoms with Crippen molar-refractivity contribution in [3.8, 4) is 0 Å². The molecule has 0 amide bonds. The van der Waals surface area contributed by atoms with E-state index in [0.29, 0.717) is 6.04 Å². The third kappa shape index (κ3) is 2.93. The summed E-state index contributed by atoms with van der Waals surface area (Å²) in [5.74, 6) is 0. The number of rotatable bonds is 2. The molecule has 1 fully saturated rings. The Labute approximate surface area is 90.5 Å². The van der Waals surface area contributed by atoms with Gasteiger partial charge in [-0.1, -0.05) is 0 Å². The van der Waals surface area contributed by atoms with Gasteiger partial charge in [0.05, 0.1) is 6.10 Å². The lowest BCUT2D eigenvalue weighted by Crippen LogP contribution is -2.28. The first kappa shape index (κ1) is 10.4. The zero-order valence-corrected chi connectivity index (χ0v) is 9.11. The quantitative estimate of drug-likeness (QED) is 0.779. The van der Waals surface area contributed by atoms with Crippen LogP contribution in [0.2, 0.25) is 0 Å². The summed E-state index contributed by atoms with van der Waals surface area (Å²) in [7, 11) is 0. The lowest BCUT2D eigenvalue weighted by atomic mass is 9.93. The first-order valence-corrected chi connectivity index (χ1v) is 5.61. The third-order valence-corrected chi connectivity index (χ3v) is 2.96. The average molecular weight is 206 g/mol. The van der Waals surface area contributed by atoms with Crippen molar-refractivity contribution in [2.45, 2.75) is 44.8 Å². The van der Waals surface area contributed by atoms with Gasteiger partial charge in [-0.15, -0.1) is 0 Å². The van der Waals surface area contributed by atoms with Crippen molar-refractivity contribution < 1.29 is 5.11 Å². The van der Waals surface area contributed by atoms with E-state index in [9.17, 15) is 5.11 Å². The molecule has 0 aromatic carbocycles. The lowest BCUT2D eigenvalue weighted by molar-refractivity contribution is 0.126. The number of aliphatic hydroxyl groups excluding tert-OH is 1. The number of hydrogen-bond acceptors (Lipinski definition) is 3. The highest BCUT2D eigenvalue weighted by atomic mass is 16.3. The van der Waals surface area contributed by atoms with Gasteiger partial charge in [-0.05, 0) is 44.7 Å². The van der Waals surface area contributed by atoms with E-state index in [-0.39, 0.29) is 6.10 Å². The Morgan fingerprint density at radius 2 is 2.07 bits per heavy atom. The maximum Gasteiger partial charge on any atom is 0.0541 e. The molecular weight excluding hydrogens is 188 g/mol. The molecule has 1 saturated carbocycles. The molecule has 3 nitrogen and oxygen atoms in total. The van der Waals surface area contributed by atoms with Gasteiger partial charge < -0.3 is 10.4 Å². The van der Waals surface area contributed by atoms with Crippen LogP contribution in [0.3, 0.4) is 0 Å². The topological polar surface area (TPSA) is 45.1 Å². The molecule has 0 spiro atoms. The Morgan fingerprint density at radius 3 is 2.73 bits per heavy atom. The van der Waals surface area contributed by atoms with Gasteiger partial charge in [-0.3, -0.25) is 4.98 Å². The van der Waals surface area contributed by atoms with Crippen molar-refractivity contribution in [1.29, 1.82) is 0 Å². The molecular formula is C12H18N2O. The zero-order valence-electron chi connectivity index (χ0n) is 9.11. The van der Waals surface area contributed by atoms with E-state index < -0.39 is 0 Å². The van der Waals surface area contributed by atoms with Gasteiger partial charge in [0.1, 0.15) is 0 Å². The van der Waals surface area contributed by atoms with Crippen molar-refractivity contribution >= 4 is 5.69 Å². The summed E-state index contributed by atoms with van der Waals surface area (Å²) < 4.78 is 0. The molecule has 0 unspecified atom stereocenters. The Balaban J connectivity index is 1.92. The van der Waals surface area contributed by atoms with Crippen LogP contribution in [0, 0.1) is 6.92 Å². The minimum absolute atomic E-state index is 0.0813. The third-order valence-electron chi connectivity index (χ3n) is 2.96. The van der Waals surface area contributed by atoms with Crippen LogP contribution >= 0.6 is 0 Å². The second-order valence-corrected chi connectivity index (χ2v) is 4.34. The van der Waals surface area contributed by atoms with E-state index in [2.05, 4.69) is 16.4 Å². The molecule has 0 radical (unpaired) electrons. The number of nitrogens with one attached hydrogen (secondary N) is 1. The zero-order chi connectivity index (χ0) is 10.7. The van der Waals surface area contributed by atoms with Crippen molar-refractivity contribution in [2.24, 2.45) is 0 Å². The molecule has 1 aromatic heterocycles. The smallest absolute Gasteiger partial charge is 0.0541 e. The predicted octanol–water partition coefficient (Wildman–Crippen LogP) is 2.11. The van der Waals surface area contributed by atoms with Crippen molar-refractivity contribution in [3.05, 3.63) is 24.0 Å². The molecule has 1 aliphatic carbocycles. The van der Waals surface area contributed by atoms with Gasteiger partial charge in [0, 0.05) is 23.6 Å². The number of pyridine rings is 1. The van der Waals surface area contributed by atoms with Gasteiger partial charge in [0.2, 0.25) is 0 Å². The van der Waals surface area contributed by atoms with Crippen molar-refractivity contribution in [3.63, 3.8) is 0 Å². The predicted molar refractivity (Wildman–Crippen MR) is 60.9 cm³/mol. The SMILES string of the molecule is Cc1cc(NC2CCC(O)CC2)ccn1.